The van der Waals surface area contributed by atoms with Crippen molar-refractivity contribution in [3.05, 3.63) is 91.0 Å². The number of para-hydroxylation sites is 2. The first-order valence-electron chi connectivity index (χ1n) is 10.2. The Balaban J connectivity index is 1.28. The van der Waals surface area contributed by atoms with E-state index in [-0.39, 0.29) is 11.2 Å². The highest BCUT2D eigenvalue weighted by Gasteiger charge is 2.19. The van der Waals surface area contributed by atoms with Crippen LogP contribution in [0, 0.1) is 0 Å². The van der Waals surface area contributed by atoms with Crippen molar-refractivity contribution in [2.75, 3.05) is 5.32 Å². The van der Waals surface area contributed by atoms with Gasteiger partial charge in [0.1, 0.15) is 11.5 Å². The first kappa shape index (κ1) is 20.1. The van der Waals surface area contributed by atoms with Gasteiger partial charge in [0.25, 0.3) is 0 Å². The molecule has 0 saturated heterocycles. The molecular weight excluding hydrogens is 420 g/mol. The summed E-state index contributed by atoms with van der Waals surface area (Å²) < 4.78 is 7.78. The Labute approximate surface area is 189 Å². The highest BCUT2D eigenvalue weighted by molar-refractivity contribution is 8.00. The van der Waals surface area contributed by atoms with Crippen LogP contribution < -0.4 is 10.1 Å². The van der Waals surface area contributed by atoms with Gasteiger partial charge in [-0.25, -0.2) is 0 Å². The number of benzene rings is 3. The molecule has 0 radical (unpaired) electrons. The summed E-state index contributed by atoms with van der Waals surface area (Å²) >= 11 is 1.38. The van der Waals surface area contributed by atoms with Gasteiger partial charge in [-0.05, 0) is 66.9 Å². The molecule has 0 aliphatic rings. The Morgan fingerprint density at radius 3 is 2.41 bits per heavy atom. The van der Waals surface area contributed by atoms with E-state index in [1.54, 1.807) is 0 Å². The highest BCUT2D eigenvalue weighted by atomic mass is 32.2. The summed E-state index contributed by atoms with van der Waals surface area (Å²) in [7, 11) is 0. The van der Waals surface area contributed by atoms with Crippen LogP contribution in [0.2, 0.25) is 0 Å². The minimum absolute atomic E-state index is 0.108. The zero-order valence-electron chi connectivity index (χ0n) is 17.3. The maximum Gasteiger partial charge on any atom is 0.237 e. The lowest BCUT2D eigenvalue weighted by molar-refractivity contribution is -0.115. The average molecular weight is 441 g/mol. The van der Waals surface area contributed by atoms with Crippen LogP contribution in [0.3, 0.4) is 0 Å². The van der Waals surface area contributed by atoms with Crippen molar-refractivity contribution in [3.8, 4) is 11.5 Å². The number of hydrogen-bond acceptors (Lipinski definition) is 5. The second-order valence-electron chi connectivity index (χ2n) is 7.26. The van der Waals surface area contributed by atoms with Crippen molar-refractivity contribution in [2.24, 2.45) is 0 Å². The molecule has 5 rings (SSSR count). The predicted octanol–water partition coefficient (Wildman–Crippen LogP) is 5.79. The van der Waals surface area contributed by atoms with Crippen LogP contribution in [0.25, 0.3) is 16.6 Å². The summed E-state index contributed by atoms with van der Waals surface area (Å²) in [5.74, 6) is 1.37. The first-order chi connectivity index (χ1) is 15.7. The van der Waals surface area contributed by atoms with Gasteiger partial charge in [0.2, 0.25) is 5.91 Å². The van der Waals surface area contributed by atoms with Gasteiger partial charge < -0.3 is 10.1 Å². The second kappa shape index (κ2) is 8.72. The van der Waals surface area contributed by atoms with E-state index in [0.29, 0.717) is 16.6 Å². The molecule has 0 saturated carbocycles. The Bertz CT molecular complexity index is 1380. The zero-order valence-corrected chi connectivity index (χ0v) is 18.1. The highest BCUT2D eigenvalue weighted by Crippen LogP contribution is 2.27. The molecule has 0 aliphatic carbocycles. The Kier molecular flexibility index (Phi) is 5.47. The Morgan fingerprint density at radius 1 is 0.875 bits per heavy atom. The number of nitrogens with zero attached hydrogens (tertiary/aromatic N) is 3. The topological polar surface area (TPSA) is 68.5 Å². The number of thioether (sulfide) groups is 1. The number of carbonyl (C=O) groups excluding carboxylic acids is 1. The molecular formula is C25H20N4O2S. The minimum atomic E-state index is -0.360. The number of aromatic nitrogens is 3. The Hall–Kier alpha value is -3.84. The lowest BCUT2D eigenvalue weighted by Gasteiger charge is -2.12. The average Bonchev–Trinajstić information content (AvgIpc) is 3.24. The van der Waals surface area contributed by atoms with E-state index in [1.165, 1.54) is 11.8 Å². The standard InChI is InChI=1S/C25H20N4O2S/c1-17(32-25-28-27-23-16-11-18-7-5-6-10-22(18)29(23)25)24(30)26-19-12-14-21(15-13-19)31-20-8-3-2-4-9-20/h2-17H,1H3,(H,26,30). The van der Waals surface area contributed by atoms with E-state index in [0.717, 1.165) is 22.3 Å². The SMILES string of the molecule is CC(Sc1nnc2ccc3ccccc3n12)C(=O)Nc1ccc(Oc2ccccc2)cc1. The molecule has 5 aromatic rings. The third-order valence-corrected chi connectivity index (χ3v) is 6.04. The van der Waals surface area contributed by atoms with Crippen molar-refractivity contribution < 1.29 is 9.53 Å². The maximum absolute atomic E-state index is 12.8. The fraction of sp³-hybridized carbons (Fsp3) is 0.0800. The summed E-state index contributed by atoms with van der Waals surface area (Å²) in [4.78, 5) is 12.8. The van der Waals surface area contributed by atoms with Crippen molar-refractivity contribution in [2.45, 2.75) is 17.3 Å². The van der Waals surface area contributed by atoms with Crippen LogP contribution in [0.5, 0.6) is 11.5 Å². The van der Waals surface area contributed by atoms with Gasteiger partial charge in [-0.1, -0.05) is 48.2 Å². The molecule has 6 nitrogen and oxygen atoms in total. The summed E-state index contributed by atoms with van der Waals surface area (Å²) in [6.45, 7) is 1.86. The van der Waals surface area contributed by atoms with Gasteiger partial charge in [0, 0.05) is 5.69 Å². The van der Waals surface area contributed by atoms with Crippen LogP contribution in [0.15, 0.2) is 96.2 Å². The number of rotatable bonds is 6. The molecule has 158 valence electrons. The molecule has 3 aromatic carbocycles. The van der Waals surface area contributed by atoms with Crippen molar-refractivity contribution in [3.63, 3.8) is 0 Å². The van der Waals surface area contributed by atoms with Crippen LogP contribution >= 0.6 is 11.8 Å². The monoisotopic (exact) mass is 440 g/mol. The predicted molar refractivity (Wildman–Crippen MR) is 127 cm³/mol. The number of nitrogens with one attached hydrogen (secondary N) is 1. The molecule has 1 atom stereocenters. The van der Waals surface area contributed by atoms with Gasteiger partial charge in [0.15, 0.2) is 10.8 Å². The summed E-state index contributed by atoms with van der Waals surface area (Å²) in [6, 6.07) is 28.9. The Morgan fingerprint density at radius 2 is 1.59 bits per heavy atom. The quantitative estimate of drug-likeness (QED) is 0.338. The second-order valence-corrected chi connectivity index (χ2v) is 8.57. The van der Waals surface area contributed by atoms with E-state index in [2.05, 4.69) is 15.5 Å². The number of ether oxygens (including phenoxy) is 1. The number of amides is 1. The zero-order chi connectivity index (χ0) is 21.9. The molecule has 2 aromatic heterocycles. The van der Waals surface area contributed by atoms with Gasteiger partial charge in [0.05, 0.1) is 10.8 Å². The largest absolute Gasteiger partial charge is 0.457 e. The smallest absolute Gasteiger partial charge is 0.237 e. The third kappa shape index (κ3) is 4.15. The van der Waals surface area contributed by atoms with Gasteiger partial charge in [-0.2, -0.15) is 0 Å². The number of fused-ring (bicyclic) bond motifs is 3. The molecule has 2 heterocycles. The molecule has 7 heteroatoms. The fourth-order valence-electron chi connectivity index (χ4n) is 3.37. The third-order valence-electron chi connectivity index (χ3n) is 5.00. The minimum Gasteiger partial charge on any atom is -0.457 e. The van der Waals surface area contributed by atoms with E-state index in [9.17, 15) is 4.79 Å². The van der Waals surface area contributed by atoms with Crippen LogP contribution in [-0.2, 0) is 4.79 Å². The lowest BCUT2D eigenvalue weighted by Crippen LogP contribution is -2.22. The molecule has 0 fully saturated rings. The lowest BCUT2D eigenvalue weighted by atomic mass is 10.2. The first-order valence-corrected chi connectivity index (χ1v) is 11.1. The number of carbonyl (C=O) groups is 1. The van der Waals surface area contributed by atoms with E-state index >= 15 is 0 Å². The maximum atomic E-state index is 12.8. The summed E-state index contributed by atoms with van der Waals surface area (Å²) in [5.41, 5.74) is 2.48. The van der Waals surface area contributed by atoms with E-state index < -0.39 is 0 Å². The van der Waals surface area contributed by atoms with Crippen molar-refractivity contribution >= 4 is 39.9 Å². The number of pyridine rings is 1. The molecule has 0 spiro atoms. The van der Waals surface area contributed by atoms with Crippen molar-refractivity contribution in [1.82, 2.24) is 14.6 Å². The van der Waals surface area contributed by atoms with E-state index in [1.807, 2.05) is 102 Å². The molecule has 0 aliphatic heterocycles. The molecule has 1 amide bonds. The van der Waals surface area contributed by atoms with Gasteiger partial charge >= 0.3 is 0 Å². The number of hydrogen-bond donors (Lipinski definition) is 1. The summed E-state index contributed by atoms with van der Waals surface area (Å²) in [6.07, 6.45) is 0. The molecule has 1 N–H and O–H groups in total. The van der Waals surface area contributed by atoms with Gasteiger partial charge in [-0.3, -0.25) is 9.20 Å². The summed E-state index contributed by atoms with van der Waals surface area (Å²) in [5, 5.41) is 12.9. The normalized spacial score (nSPS) is 12.0. The molecule has 32 heavy (non-hydrogen) atoms. The van der Waals surface area contributed by atoms with Gasteiger partial charge in [-0.15, -0.1) is 10.2 Å². The fourth-order valence-corrected chi connectivity index (χ4v) is 4.24. The number of anilines is 1. The van der Waals surface area contributed by atoms with E-state index in [4.69, 9.17) is 4.74 Å². The molecule has 0 bridgehead atoms. The van der Waals surface area contributed by atoms with Crippen LogP contribution in [0.1, 0.15) is 6.92 Å². The molecule has 1 unspecified atom stereocenters. The van der Waals surface area contributed by atoms with Crippen molar-refractivity contribution in [1.29, 1.82) is 0 Å². The van der Waals surface area contributed by atoms with Crippen LogP contribution in [-0.4, -0.2) is 25.8 Å². The van der Waals surface area contributed by atoms with Crippen LogP contribution in [0.4, 0.5) is 5.69 Å².